The number of carbonyl (C=O) groups excluding carboxylic acids is 3. The molecule has 352 valence electrons. The number of aryl methyl sites for hydroxylation is 2. The van der Waals surface area contributed by atoms with Gasteiger partial charge in [0.15, 0.2) is 0 Å². The van der Waals surface area contributed by atoms with Gasteiger partial charge in [-0.1, -0.05) is 72.7 Å². The second kappa shape index (κ2) is 18.3. The Morgan fingerprint density at radius 2 is 1.21 bits per heavy atom. The Labute approximate surface area is 387 Å². The number of fused-ring (bicyclic) bond motifs is 2. The third kappa shape index (κ3) is 8.92. The van der Waals surface area contributed by atoms with E-state index in [4.69, 9.17) is 14.7 Å². The lowest BCUT2D eigenvalue weighted by molar-refractivity contribution is -0.136. The summed E-state index contributed by atoms with van der Waals surface area (Å²) in [5.41, 5.74) is 10.8. The second-order valence-corrected chi connectivity index (χ2v) is 20.4. The molecule has 6 atom stereocenters. The summed E-state index contributed by atoms with van der Waals surface area (Å²) in [6, 6.07) is 15.7. The van der Waals surface area contributed by atoms with E-state index in [0.29, 0.717) is 18.9 Å². The number of carboxylic acid groups (broad SMARTS) is 1. The molecule has 8 rings (SSSR count). The Kier molecular flexibility index (Phi) is 12.9. The average Bonchev–Trinajstić information content (AvgIpc) is 4.12. The number of benzene rings is 3. The van der Waals surface area contributed by atoms with E-state index in [1.54, 1.807) is 4.90 Å². The summed E-state index contributed by atoms with van der Waals surface area (Å²) in [5.74, 6) is 0.763. The van der Waals surface area contributed by atoms with Crippen LogP contribution in [0.3, 0.4) is 0 Å². The number of aromatic nitrogens is 4. The number of aromatic amines is 2. The summed E-state index contributed by atoms with van der Waals surface area (Å²) in [6.45, 7) is 19.9. The molecule has 15 nitrogen and oxygen atoms in total. The van der Waals surface area contributed by atoms with Crippen molar-refractivity contribution in [3.8, 4) is 0 Å². The number of hydrogen-bond acceptors (Lipinski definition) is 8. The van der Waals surface area contributed by atoms with E-state index in [9.17, 15) is 24.3 Å². The molecule has 5 aromatic rings. The smallest absolute Gasteiger partial charge is 0.407 e. The van der Waals surface area contributed by atoms with Crippen LogP contribution in [-0.2, 0) is 19.7 Å². The van der Waals surface area contributed by atoms with Gasteiger partial charge in [0.05, 0.1) is 53.3 Å². The topological polar surface area (TPSA) is 189 Å². The second-order valence-electron chi connectivity index (χ2n) is 20.4. The van der Waals surface area contributed by atoms with E-state index >= 15 is 0 Å². The molecule has 0 radical (unpaired) electrons. The van der Waals surface area contributed by atoms with Gasteiger partial charge in [-0.15, -0.1) is 0 Å². The molecule has 3 fully saturated rings. The van der Waals surface area contributed by atoms with Crippen molar-refractivity contribution < 1.29 is 29.0 Å². The van der Waals surface area contributed by atoms with E-state index in [-0.39, 0.29) is 53.2 Å². The fourth-order valence-corrected chi connectivity index (χ4v) is 10.7. The van der Waals surface area contributed by atoms with Crippen LogP contribution in [-0.4, -0.2) is 91.1 Å². The summed E-state index contributed by atoms with van der Waals surface area (Å²) >= 11 is 0. The zero-order valence-corrected chi connectivity index (χ0v) is 40.1. The highest BCUT2D eigenvalue weighted by Gasteiger charge is 2.41. The minimum Gasteiger partial charge on any atom is -0.465 e. The molecule has 0 aliphatic carbocycles. The molecule has 5 N–H and O–H groups in total. The summed E-state index contributed by atoms with van der Waals surface area (Å²) in [6.07, 6.45) is 3.14. The van der Waals surface area contributed by atoms with Crippen molar-refractivity contribution in [2.75, 3.05) is 25.1 Å². The number of likely N-dealkylation sites (tertiary alicyclic amines) is 2. The summed E-state index contributed by atoms with van der Waals surface area (Å²) in [4.78, 5) is 75.1. The van der Waals surface area contributed by atoms with E-state index in [1.165, 1.54) is 35.1 Å². The maximum Gasteiger partial charge on any atom is 0.407 e. The van der Waals surface area contributed by atoms with E-state index in [1.807, 2.05) is 32.6 Å². The van der Waals surface area contributed by atoms with Gasteiger partial charge >= 0.3 is 12.2 Å². The third-order valence-corrected chi connectivity index (χ3v) is 14.1. The zero-order chi connectivity index (χ0) is 47.4. The van der Waals surface area contributed by atoms with Crippen LogP contribution in [0, 0.1) is 25.7 Å². The molecule has 66 heavy (non-hydrogen) atoms. The van der Waals surface area contributed by atoms with Crippen LogP contribution >= 0.6 is 0 Å². The van der Waals surface area contributed by atoms with Crippen LogP contribution in [0.15, 0.2) is 48.5 Å². The lowest BCUT2D eigenvalue weighted by atomic mass is 9.84. The minimum absolute atomic E-state index is 0.0149. The monoisotopic (exact) mass is 902 g/mol. The van der Waals surface area contributed by atoms with E-state index < -0.39 is 24.3 Å². The van der Waals surface area contributed by atoms with Crippen molar-refractivity contribution in [3.63, 3.8) is 0 Å². The lowest BCUT2D eigenvalue weighted by Gasteiger charge is -2.36. The van der Waals surface area contributed by atoms with Crippen LogP contribution < -0.4 is 15.5 Å². The van der Waals surface area contributed by atoms with E-state index in [2.05, 4.69) is 109 Å². The number of hydrogen-bond donors (Lipinski definition) is 5. The molecule has 5 heterocycles. The fourth-order valence-electron chi connectivity index (χ4n) is 10.7. The summed E-state index contributed by atoms with van der Waals surface area (Å²) < 4.78 is 4.84. The highest BCUT2D eigenvalue weighted by atomic mass is 16.5. The normalized spacial score (nSPS) is 21.1. The first-order valence-electron chi connectivity index (χ1n) is 23.7. The molecule has 4 amide bonds. The molecular formula is C51H67N9O6. The molecule has 0 bridgehead atoms. The average molecular weight is 902 g/mol. The van der Waals surface area contributed by atoms with Gasteiger partial charge in [-0.25, -0.2) is 19.6 Å². The Morgan fingerprint density at radius 3 is 1.74 bits per heavy atom. The Hall–Kier alpha value is -6.12. The minimum atomic E-state index is -1.21. The van der Waals surface area contributed by atoms with Crippen LogP contribution in [0.2, 0.25) is 0 Å². The number of H-pyrrole nitrogens is 2. The number of rotatable bonds is 11. The summed E-state index contributed by atoms with van der Waals surface area (Å²) in [7, 11) is 1.30. The number of methoxy groups -OCH3 is 1. The summed E-state index contributed by atoms with van der Waals surface area (Å²) in [5, 5.41) is 14.7. The van der Waals surface area contributed by atoms with Crippen LogP contribution in [0.25, 0.3) is 22.1 Å². The number of nitrogens with zero attached hydrogens (tertiary/aromatic N) is 5. The van der Waals surface area contributed by atoms with Gasteiger partial charge in [0.2, 0.25) is 11.8 Å². The predicted molar refractivity (Wildman–Crippen MR) is 255 cm³/mol. The number of ether oxygens (including phenoxy) is 1. The first kappa shape index (κ1) is 46.4. The maximum atomic E-state index is 13.9. The van der Waals surface area contributed by atoms with Gasteiger partial charge in [-0.2, -0.15) is 0 Å². The quantitative estimate of drug-likeness (QED) is 0.0860. The molecule has 3 saturated heterocycles. The van der Waals surface area contributed by atoms with Gasteiger partial charge in [0.25, 0.3) is 0 Å². The molecular weight excluding hydrogens is 835 g/mol. The van der Waals surface area contributed by atoms with Gasteiger partial charge in [0, 0.05) is 18.8 Å². The van der Waals surface area contributed by atoms with Gasteiger partial charge in [-0.05, 0) is 122 Å². The molecule has 0 unspecified atom stereocenters. The standard InChI is InChI=1S/C51H67N9O6/c1-27(2)42(56-49(63)64)47(61)58-21-11-13-40(58)45-52-34-17-15-31(25-36(34)54-45)38-19-20-39(60(38)44-29(5)23-33(24-30(44)6)51(7,8)9)32-16-18-35-37(26-32)55-46(53-35)41-14-12-22-59(41)48(62)43(28(3)4)57-50(65)66-10/h15-18,23-28,38-43,56H,11-14,19-22H2,1-10H3,(H,52,54)(H,53,55)(H,57,65)(H,63,64)/t38-,39-,40+,41+,42+,43+/m1/s1. The molecule has 3 aromatic carbocycles. The largest absolute Gasteiger partial charge is 0.465 e. The number of nitrogens with one attached hydrogen (secondary N) is 4. The first-order chi connectivity index (χ1) is 31.3. The first-order valence-corrected chi connectivity index (χ1v) is 23.7. The van der Waals surface area contributed by atoms with Crippen molar-refractivity contribution in [1.29, 1.82) is 0 Å². The molecule has 3 aliphatic rings. The van der Waals surface area contributed by atoms with Gasteiger partial charge < -0.3 is 45.1 Å². The number of amides is 4. The van der Waals surface area contributed by atoms with Crippen LogP contribution in [0.4, 0.5) is 15.3 Å². The van der Waals surface area contributed by atoms with Crippen LogP contribution in [0.1, 0.15) is 151 Å². The van der Waals surface area contributed by atoms with Crippen molar-refractivity contribution >= 4 is 51.8 Å². The number of imidazole rings is 2. The highest BCUT2D eigenvalue weighted by Crippen LogP contribution is 2.50. The highest BCUT2D eigenvalue weighted by molar-refractivity contribution is 5.87. The fraction of sp³-hybridized carbons (Fsp3) is 0.529. The third-order valence-electron chi connectivity index (χ3n) is 14.1. The SMILES string of the molecule is COC(=O)N[C@H](C(=O)N1CCC[C@H]1c1nc2cc([C@H]3CC[C@H](c4ccc5nc([C@@H]6CCCN6C(=O)[C@@H](NC(=O)O)C(C)C)[nH]c5c4)N3c3c(C)cc(C(C)(C)C)cc3C)ccc2[nH]1)C(C)C. The number of alkyl carbamates (subject to hydrolysis) is 1. The predicted octanol–water partition coefficient (Wildman–Crippen LogP) is 9.44. The Balaban J connectivity index is 1.12. The van der Waals surface area contributed by atoms with Gasteiger partial charge in [0.1, 0.15) is 23.7 Å². The van der Waals surface area contributed by atoms with Crippen molar-refractivity contribution in [3.05, 3.63) is 88.0 Å². The van der Waals surface area contributed by atoms with Crippen molar-refractivity contribution in [2.24, 2.45) is 11.8 Å². The molecule has 0 spiro atoms. The van der Waals surface area contributed by atoms with Gasteiger partial charge in [-0.3, -0.25) is 9.59 Å². The Morgan fingerprint density at radius 1 is 0.697 bits per heavy atom. The van der Waals surface area contributed by atoms with Crippen molar-refractivity contribution in [1.82, 2.24) is 40.4 Å². The zero-order valence-electron chi connectivity index (χ0n) is 40.1. The molecule has 15 heteroatoms. The van der Waals surface area contributed by atoms with E-state index in [0.717, 1.165) is 72.0 Å². The molecule has 3 aliphatic heterocycles. The molecule has 2 aromatic heterocycles. The number of carbonyl (C=O) groups is 4. The molecule has 0 saturated carbocycles. The van der Waals surface area contributed by atoms with Crippen LogP contribution in [0.5, 0.6) is 0 Å². The lowest BCUT2D eigenvalue weighted by Crippen LogP contribution is -2.51. The van der Waals surface area contributed by atoms with Crippen molar-refractivity contribution in [2.45, 2.75) is 143 Å². The number of anilines is 1. The maximum absolute atomic E-state index is 13.9. The Bertz CT molecular complexity index is 2620.